The Bertz CT molecular complexity index is 634. The third-order valence-electron chi connectivity index (χ3n) is 3.28. The minimum absolute atomic E-state index is 0.208. The summed E-state index contributed by atoms with van der Waals surface area (Å²) in [7, 11) is 3.27. The number of nitrogens with two attached hydrogens (primary N) is 1. The van der Waals surface area contributed by atoms with Crippen molar-refractivity contribution in [1.29, 1.82) is 0 Å². The van der Waals surface area contributed by atoms with Gasteiger partial charge in [-0.2, -0.15) is 0 Å². The number of methoxy groups -OCH3 is 2. The Balaban J connectivity index is 2.30. The predicted molar refractivity (Wildman–Crippen MR) is 89.3 cm³/mol. The Morgan fingerprint density at radius 1 is 1.10 bits per heavy atom. The van der Waals surface area contributed by atoms with Crippen LogP contribution in [-0.4, -0.2) is 14.2 Å². The van der Waals surface area contributed by atoms with E-state index in [0.717, 1.165) is 21.3 Å². The summed E-state index contributed by atoms with van der Waals surface area (Å²) in [5, 5.41) is 0.628. The number of halogens is 2. The van der Waals surface area contributed by atoms with Crippen molar-refractivity contribution in [2.45, 2.75) is 12.5 Å². The van der Waals surface area contributed by atoms with Crippen LogP contribution in [0.2, 0.25) is 5.02 Å². The lowest BCUT2D eigenvalue weighted by Gasteiger charge is -2.17. The fourth-order valence-corrected chi connectivity index (χ4v) is 2.82. The molecule has 0 aliphatic carbocycles. The van der Waals surface area contributed by atoms with E-state index in [4.69, 9.17) is 26.8 Å². The highest BCUT2D eigenvalue weighted by atomic mass is 79.9. The van der Waals surface area contributed by atoms with E-state index in [2.05, 4.69) is 15.9 Å². The van der Waals surface area contributed by atoms with E-state index in [1.165, 1.54) is 0 Å². The van der Waals surface area contributed by atoms with Crippen molar-refractivity contribution in [3.63, 3.8) is 0 Å². The molecule has 0 saturated heterocycles. The highest BCUT2D eigenvalue weighted by Crippen LogP contribution is 2.32. The standard InChI is InChI=1S/C16H17BrClNO2/c1-20-15-6-3-11(17)7-10(15)8-14(19)13-5-4-12(18)9-16(13)21-2/h3-7,9,14H,8,19H2,1-2H3. The van der Waals surface area contributed by atoms with Gasteiger partial charge in [-0.3, -0.25) is 0 Å². The number of rotatable bonds is 5. The maximum absolute atomic E-state index is 6.33. The van der Waals surface area contributed by atoms with Crippen molar-refractivity contribution in [2.24, 2.45) is 5.73 Å². The topological polar surface area (TPSA) is 44.5 Å². The van der Waals surface area contributed by atoms with E-state index >= 15 is 0 Å². The van der Waals surface area contributed by atoms with Gasteiger partial charge in [-0.05, 0) is 42.3 Å². The quantitative estimate of drug-likeness (QED) is 0.850. The average molecular weight is 371 g/mol. The van der Waals surface area contributed by atoms with Gasteiger partial charge >= 0.3 is 0 Å². The Morgan fingerprint density at radius 2 is 1.81 bits per heavy atom. The van der Waals surface area contributed by atoms with E-state index in [9.17, 15) is 0 Å². The van der Waals surface area contributed by atoms with Crippen LogP contribution < -0.4 is 15.2 Å². The van der Waals surface area contributed by atoms with Crippen molar-refractivity contribution < 1.29 is 9.47 Å². The van der Waals surface area contributed by atoms with Gasteiger partial charge in [-0.1, -0.05) is 33.6 Å². The van der Waals surface area contributed by atoms with Crippen LogP contribution in [0.1, 0.15) is 17.2 Å². The van der Waals surface area contributed by atoms with Gasteiger partial charge in [-0.25, -0.2) is 0 Å². The van der Waals surface area contributed by atoms with Crippen molar-refractivity contribution in [3.05, 3.63) is 57.0 Å². The number of benzene rings is 2. The molecular formula is C16H17BrClNO2. The molecule has 21 heavy (non-hydrogen) atoms. The molecule has 1 unspecified atom stereocenters. The molecule has 0 fully saturated rings. The smallest absolute Gasteiger partial charge is 0.125 e. The fraction of sp³-hybridized carbons (Fsp3) is 0.250. The monoisotopic (exact) mass is 369 g/mol. The summed E-state index contributed by atoms with van der Waals surface area (Å²) in [6, 6.07) is 11.2. The highest BCUT2D eigenvalue weighted by Gasteiger charge is 2.15. The largest absolute Gasteiger partial charge is 0.496 e. The summed E-state index contributed by atoms with van der Waals surface area (Å²) >= 11 is 9.45. The van der Waals surface area contributed by atoms with Gasteiger partial charge < -0.3 is 15.2 Å². The molecule has 2 aromatic rings. The summed E-state index contributed by atoms with van der Waals surface area (Å²) in [5.74, 6) is 1.52. The van der Waals surface area contributed by atoms with E-state index in [1.807, 2.05) is 30.3 Å². The summed E-state index contributed by atoms with van der Waals surface area (Å²) < 4.78 is 11.7. The highest BCUT2D eigenvalue weighted by molar-refractivity contribution is 9.10. The molecule has 0 saturated carbocycles. The second kappa shape index (κ2) is 7.16. The van der Waals surface area contributed by atoms with Gasteiger partial charge in [0.15, 0.2) is 0 Å². The lowest BCUT2D eigenvalue weighted by atomic mass is 9.98. The van der Waals surface area contributed by atoms with Crippen LogP contribution in [0.25, 0.3) is 0 Å². The number of ether oxygens (including phenoxy) is 2. The molecule has 5 heteroatoms. The van der Waals surface area contributed by atoms with E-state index in [-0.39, 0.29) is 6.04 Å². The number of hydrogen-bond donors (Lipinski definition) is 1. The lowest BCUT2D eigenvalue weighted by Crippen LogP contribution is -2.15. The van der Waals surface area contributed by atoms with Crippen molar-refractivity contribution in [2.75, 3.05) is 14.2 Å². The first kappa shape index (κ1) is 16.1. The molecule has 3 nitrogen and oxygen atoms in total. The molecular weight excluding hydrogens is 354 g/mol. The molecule has 0 radical (unpaired) electrons. The Hall–Kier alpha value is -1.23. The van der Waals surface area contributed by atoms with Crippen LogP contribution in [0.3, 0.4) is 0 Å². The van der Waals surface area contributed by atoms with Crippen molar-refractivity contribution >= 4 is 27.5 Å². The third kappa shape index (κ3) is 3.90. The van der Waals surface area contributed by atoms with E-state index in [1.54, 1.807) is 20.3 Å². The van der Waals surface area contributed by atoms with Crippen LogP contribution in [0.4, 0.5) is 0 Å². The minimum atomic E-state index is -0.208. The van der Waals surface area contributed by atoms with Crippen LogP contribution in [0.15, 0.2) is 40.9 Å². The first-order valence-corrected chi connectivity index (χ1v) is 7.63. The summed E-state index contributed by atoms with van der Waals surface area (Å²) in [4.78, 5) is 0. The minimum Gasteiger partial charge on any atom is -0.496 e. The second-order valence-electron chi connectivity index (χ2n) is 4.65. The second-order valence-corrected chi connectivity index (χ2v) is 6.01. The van der Waals surface area contributed by atoms with Gasteiger partial charge in [0.25, 0.3) is 0 Å². The van der Waals surface area contributed by atoms with Crippen LogP contribution in [0.5, 0.6) is 11.5 Å². The molecule has 0 bridgehead atoms. The predicted octanol–water partition coefficient (Wildman–Crippen LogP) is 4.36. The zero-order chi connectivity index (χ0) is 15.4. The fourth-order valence-electron chi connectivity index (χ4n) is 2.24. The van der Waals surface area contributed by atoms with Gasteiger partial charge in [0, 0.05) is 21.1 Å². The van der Waals surface area contributed by atoms with Crippen LogP contribution in [-0.2, 0) is 6.42 Å². The molecule has 0 amide bonds. The molecule has 112 valence electrons. The van der Waals surface area contributed by atoms with Gasteiger partial charge in [-0.15, -0.1) is 0 Å². The maximum Gasteiger partial charge on any atom is 0.125 e. The molecule has 0 heterocycles. The zero-order valence-electron chi connectivity index (χ0n) is 11.9. The van der Waals surface area contributed by atoms with Crippen LogP contribution in [0, 0.1) is 0 Å². The van der Waals surface area contributed by atoms with Gasteiger partial charge in [0.05, 0.1) is 14.2 Å². The van der Waals surface area contributed by atoms with Gasteiger partial charge in [0.1, 0.15) is 11.5 Å². The Morgan fingerprint density at radius 3 is 2.48 bits per heavy atom. The molecule has 2 rings (SSSR count). The third-order valence-corrected chi connectivity index (χ3v) is 4.01. The zero-order valence-corrected chi connectivity index (χ0v) is 14.2. The molecule has 0 spiro atoms. The summed E-state index contributed by atoms with van der Waals surface area (Å²) in [6.07, 6.45) is 0.639. The molecule has 0 aromatic heterocycles. The Kier molecular flexibility index (Phi) is 5.51. The first-order valence-electron chi connectivity index (χ1n) is 6.46. The van der Waals surface area contributed by atoms with Crippen molar-refractivity contribution in [3.8, 4) is 11.5 Å². The average Bonchev–Trinajstić information content (AvgIpc) is 2.47. The molecule has 1 atom stereocenters. The Labute approximate surface area is 138 Å². The molecule has 2 N–H and O–H groups in total. The molecule has 0 aliphatic rings. The maximum atomic E-state index is 6.33. The summed E-state index contributed by atoms with van der Waals surface area (Å²) in [6.45, 7) is 0. The van der Waals surface area contributed by atoms with Crippen LogP contribution >= 0.6 is 27.5 Å². The number of hydrogen-bond acceptors (Lipinski definition) is 3. The SMILES string of the molecule is COc1ccc(Br)cc1CC(N)c1ccc(Cl)cc1OC. The van der Waals surface area contributed by atoms with E-state index in [0.29, 0.717) is 17.2 Å². The summed E-state index contributed by atoms with van der Waals surface area (Å²) in [5.41, 5.74) is 8.29. The molecule has 2 aromatic carbocycles. The first-order chi connectivity index (χ1) is 10.0. The lowest BCUT2D eigenvalue weighted by molar-refractivity contribution is 0.400. The van der Waals surface area contributed by atoms with E-state index < -0.39 is 0 Å². The van der Waals surface area contributed by atoms with Gasteiger partial charge in [0.2, 0.25) is 0 Å². The normalized spacial score (nSPS) is 12.0. The molecule has 0 aliphatic heterocycles. The van der Waals surface area contributed by atoms with Crippen molar-refractivity contribution in [1.82, 2.24) is 0 Å².